The molecule has 0 amide bonds. The minimum Gasteiger partial charge on any atom is -0.530 e. The fourth-order valence-electron chi connectivity index (χ4n) is 0.592. The maximum absolute atomic E-state index is 10.2. The van der Waals surface area contributed by atoms with Gasteiger partial charge >= 0.3 is 6.29 Å². The number of epoxide rings is 1. The van der Waals surface area contributed by atoms with Crippen LogP contribution in [0.2, 0.25) is 0 Å². The van der Waals surface area contributed by atoms with E-state index in [1.54, 1.807) is 0 Å². The Morgan fingerprint density at radius 3 is 2.71 bits per heavy atom. The van der Waals surface area contributed by atoms with Crippen LogP contribution in [0, 0.1) is 0 Å². The second-order valence-electron chi connectivity index (χ2n) is 1.54. The maximum Gasteiger partial charge on any atom is 0.329 e. The third-order valence-corrected chi connectivity index (χ3v) is 1.02. The summed E-state index contributed by atoms with van der Waals surface area (Å²) >= 11 is 0. The van der Waals surface area contributed by atoms with Crippen LogP contribution < -0.4 is 5.26 Å². The molecule has 0 aromatic heterocycles. The molecule has 0 radical (unpaired) electrons. The summed E-state index contributed by atoms with van der Waals surface area (Å²) in [6, 6.07) is 0. The van der Waals surface area contributed by atoms with Crippen LogP contribution in [0.25, 0.3) is 0 Å². The van der Waals surface area contributed by atoms with Crippen LogP contribution >= 0.6 is 0 Å². The fourth-order valence-corrected chi connectivity index (χ4v) is 0.592. The third-order valence-electron chi connectivity index (χ3n) is 1.02. The van der Waals surface area contributed by atoms with Gasteiger partial charge in [-0.3, -0.25) is 9.47 Å². The van der Waals surface area contributed by atoms with Crippen molar-refractivity contribution in [2.75, 3.05) is 6.79 Å². The van der Waals surface area contributed by atoms with E-state index in [2.05, 4.69) is 4.74 Å². The predicted molar refractivity (Wildman–Crippen MR) is 15.7 cm³/mol. The summed E-state index contributed by atoms with van der Waals surface area (Å²) in [4.78, 5) is 0. The molecule has 0 aromatic rings. The molecule has 2 rings (SSSR count). The molecule has 2 aliphatic heterocycles. The molecule has 0 spiro atoms. The molecule has 0 aromatic carbocycles. The Labute approximate surface area is 39.8 Å². The molecule has 2 fully saturated rings. The van der Waals surface area contributed by atoms with E-state index >= 15 is 0 Å². The molecule has 2 atom stereocenters. The zero-order chi connectivity index (χ0) is 4.85. The van der Waals surface area contributed by atoms with Gasteiger partial charge in [0.05, 0.1) is 0 Å². The summed E-state index contributed by atoms with van der Waals surface area (Å²) in [7, 11) is 0. The Bertz CT molecular complexity index is 92.9. The minimum atomic E-state index is -0.347. The number of ether oxygens (including phenoxy) is 2. The third kappa shape index (κ3) is 0.391. The molecule has 40 valence electrons. The van der Waals surface area contributed by atoms with Gasteiger partial charge in [0.25, 0.3) is 13.1 Å². The Balaban J connectivity index is 2.08. The van der Waals surface area contributed by atoms with Crippen LogP contribution in [0.4, 0.5) is 0 Å². The van der Waals surface area contributed by atoms with Crippen molar-refractivity contribution in [2.45, 2.75) is 12.6 Å². The van der Waals surface area contributed by atoms with Crippen molar-refractivity contribution >= 4 is 0 Å². The Morgan fingerprint density at radius 1 is 1.71 bits per heavy atom. The second kappa shape index (κ2) is 0.976. The lowest BCUT2D eigenvalue weighted by Crippen LogP contribution is -2.26. The molecule has 0 N–H and O–H groups in total. The van der Waals surface area contributed by atoms with Gasteiger partial charge in [-0.15, -0.1) is 0 Å². The zero-order valence-electron chi connectivity index (χ0n) is 3.49. The summed E-state index contributed by atoms with van der Waals surface area (Å²) in [5, 5.41) is 10.2. The van der Waals surface area contributed by atoms with E-state index < -0.39 is 0 Å². The van der Waals surface area contributed by atoms with Crippen molar-refractivity contribution in [3.63, 3.8) is 0 Å². The molecular formula is C3H4O4. The van der Waals surface area contributed by atoms with E-state index in [1.807, 2.05) is 0 Å². The molecular weight excluding hydrogens is 100 g/mol. The van der Waals surface area contributed by atoms with Gasteiger partial charge in [0.15, 0.2) is 0 Å². The maximum atomic E-state index is 10.2. The van der Waals surface area contributed by atoms with Crippen LogP contribution in [0.5, 0.6) is 0 Å². The first-order valence-electron chi connectivity index (χ1n) is 2.02. The van der Waals surface area contributed by atoms with E-state index in [0.29, 0.717) is 0 Å². The van der Waals surface area contributed by atoms with E-state index in [1.165, 1.54) is 4.52 Å². The fraction of sp³-hybridized carbons (Fsp3) is 1.00. The summed E-state index contributed by atoms with van der Waals surface area (Å²) < 4.78 is 10.8. The molecule has 4 nitrogen and oxygen atoms in total. The van der Waals surface area contributed by atoms with Crippen LogP contribution in [0.3, 0.4) is 0 Å². The molecule has 7 heavy (non-hydrogen) atoms. The molecule has 2 unspecified atom stereocenters. The predicted octanol–water partition coefficient (Wildman–Crippen LogP) is -1.52. The largest absolute Gasteiger partial charge is 0.530 e. The second-order valence-corrected chi connectivity index (χ2v) is 1.54. The molecule has 4 heteroatoms. The van der Waals surface area contributed by atoms with Gasteiger partial charge in [0.2, 0.25) is 0 Å². The highest BCUT2D eigenvalue weighted by atomic mass is 17.3. The van der Waals surface area contributed by atoms with Crippen molar-refractivity contribution in [3.05, 3.63) is 0 Å². The lowest BCUT2D eigenvalue weighted by Gasteiger charge is -2.10. The minimum absolute atomic E-state index is 0.0926. The van der Waals surface area contributed by atoms with E-state index in [-0.39, 0.29) is 19.4 Å². The van der Waals surface area contributed by atoms with Gasteiger partial charge in [-0.25, -0.2) is 0 Å². The molecule has 0 bridgehead atoms. The number of rotatable bonds is 0. The normalized spacial score (nSPS) is 49.3. The lowest BCUT2D eigenvalue weighted by atomic mass is 10.8. The smallest absolute Gasteiger partial charge is 0.329 e. The quantitative estimate of drug-likeness (QED) is 0.213. The Hall–Kier alpha value is -0.160. The van der Waals surface area contributed by atoms with Gasteiger partial charge in [0.1, 0.15) is 0 Å². The van der Waals surface area contributed by atoms with Crippen molar-refractivity contribution in [1.29, 1.82) is 0 Å². The number of hydrogen-bond donors (Lipinski definition) is 0. The summed E-state index contributed by atoms with van der Waals surface area (Å²) in [5.74, 6) is 0. The molecule has 0 saturated carbocycles. The first kappa shape index (κ1) is 3.80. The summed E-state index contributed by atoms with van der Waals surface area (Å²) in [5.41, 5.74) is 0. The van der Waals surface area contributed by atoms with Crippen molar-refractivity contribution in [2.24, 2.45) is 0 Å². The molecule has 0 aliphatic carbocycles. The summed E-state index contributed by atoms with van der Waals surface area (Å²) in [6.07, 6.45) is -0.581. The standard InChI is InChI=1S/C3H4O4/c4-7-1-5-2-3(7)6-2/h2-3H,1H2. The monoisotopic (exact) mass is 104 g/mol. The van der Waals surface area contributed by atoms with E-state index in [9.17, 15) is 5.26 Å². The van der Waals surface area contributed by atoms with Gasteiger partial charge in [-0.05, 0) is 0 Å². The number of fused-ring (bicyclic) bond motifs is 1. The van der Waals surface area contributed by atoms with Crippen LogP contribution in [-0.2, 0) is 14.0 Å². The van der Waals surface area contributed by atoms with Gasteiger partial charge in [0, 0.05) is 0 Å². The molecule has 2 saturated heterocycles. The lowest BCUT2D eigenvalue weighted by molar-refractivity contribution is -0.810. The van der Waals surface area contributed by atoms with E-state index in [0.717, 1.165) is 0 Å². The van der Waals surface area contributed by atoms with Gasteiger partial charge in [-0.1, -0.05) is 0 Å². The van der Waals surface area contributed by atoms with Crippen molar-refractivity contribution in [1.82, 2.24) is 0 Å². The van der Waals surface area contributed by atoms with Gasteiger partial charge < -0.3 is 9.78 Å². The molecule has 2 aliphatic rings. The van der Waals surface area contributed by atoms with Crippen LogP contribution in [-0.4, -0.2) is 19.4 Å². The molecule has 2 heterocycles. The average molecular weight is 104 g/mol. The van der Waals surface area contributed by atoms with E-state index in [4.69, 9.17) is 4.74 Å². The zero-order valence-corrected chi connectivity index (χ0v) is 3.49. The highest BCUT2D eigenvalue weighted by Gasteiger charge is 2.56. The van der Waals surface area contributed by atoms with Crippen molar-refractivity contribution in [3.8, 4) is 0 Å². The average Bonchev–Trinajstić information content (AvgIpc) is 2.33. The van der Waals surface area contributed by atoms with Crippen LogP contribution in [0.1, 0.15) is 0 Å². The first-order chi connectivity index (χ1) is 3.38. The SMILES string of the molecule is [O-][O+]1COC2OC21. The number of hydrogen-bond acceptors (Lipinski definition) is 3. The topological polar surface area (TPSA) is 47.5 Å². The first-order valence-corrected chi connectivity index (χ1v) is 2.02. The van der Waals surface area contributed by atoms with Crippen molar-refractivity contribution < 1.29 is 19.2 Å². The Kier molecular flexibility index (Phi) is 0.529. The highest BCUT2D eigenvalue weighted by molar-refractivity contribution is 4.69. The summed E-state index contributed by atoms with van der Waals surface area (Å²) in [6.45, 7) is 0.0926. The highest BCUT2D eigenvalue weighted by Crippen LogP contribution is 2.33. The van der Waals surface area contributed by atoms with Crippen LogP contribution in [0.15, 0.2) is 0 Å². The van der Waals surface area contributed by atoms with Gasteiger partial charge in [-0.2, -0.15) is 0 Å². The Morgan fingerprint density at radius 2 is 2.57 bits per heavy atom.